The van der Waals surface area contributed by atoms with Crippen LogP contribution < -0.4 is 10.4 Å². The summed E-state index contributed by atoms with van der Waals surface area (Å²) in [5, 5.41) is 49.7. The quantitative estimate of drug-likeness (QED) is 0.294. The van der Waals surface area contributed by atoms with Gasteiger partial charge in [-0.3, -0.25) is 0 Å². The third kappa shape index (κ3) is 3.28. The second-order valence-corrected chi connectivity index (χ2v) is 6.63. The van der Waals surface area contributed by atoms with E-state index in [9.17, 15) is 30.0 Å². The highest BCUT2D eigenvalue weighted by Crippen LogP contribution is 2.30. The number of carboxylic acid groups (broad SMARTS) is 1. The number of hydrogen-bond donors (Lipinski definition) is 5. The van der Waals surface area contributed by atoms with Gasteiger partial charge in [0.15, 0.2) is 6.10 Å². The van der Waals surface area contributed by atoms with Crippen LogP contribution in [0.2, 0.25) is 0 Å². The molecule has 10 heteroatoms. The second kappa shape index (κ2) is 7.01. The highest BCUT2D eigenvalue weighted by molar-refractivity contribution is 6.05. The molecule has 0 radical (unpaired) electrons. The number of phenolic OH excluding ortho intramolecular Hbond substituents is 1. The van der Waals surface area contributed by atoms with Crippen LogP contribution in [0.5, 0.6) is 11.5 Å². The summed E-state index contributed by atoms with van der Waals surface area (Å²) in [4.78, 5) is 23.4. The Morgan fingerprint density at radius 3 is 2.38 bits per heavy atom. The molecule has 1 aliphatic rings. The molecule has 1 aromatic heterocycles. The highest BCUT2D eigenvalue weighted by Gasteiger charge is 2.48. The van der Waals surface area contributed by atoms with Gasteiger partial charge in [0.1, 0.15) is 35.4 Å². The largest absolute Gasteiger partial charge is 0.508 e. The molecule has 0 aliphatic carbocycles. The number of carboxylic acids is 1. The summed E-state index contributed by atoms with van der Waals surface area (Å²) < 4.78 is 15.8. The molecule has 0 spiro atoms. The van der Waals surface area contributed by atoms with E-state index in [1.54, 1.807) is 6.07 Å². The molecule has 0 saturated carbocycles. The molecule has 1 aliphatic heterocycles. The fraction of sp³-hybridized carbons (Fsp3) is 0.263. The summed E-state index contributed by atoms with van der Waals surface area (Å²) >= 11 is 0. The molecule has 2 aromatic carbocycles. The van der Waals surface area contributed by atoms with Crippen LogP contribution in [0.25, 0.3) is 21.7 Å². The number of aliphatic hydroxyl groups is 3. The lowest BCUT2D eigenvalue weighted by Gasteiger charge is -2.38. The summed E-state index contributed by atoms with van der Waals surface area (Å²) in [6.07, 6.45) is -8.76. The number of phenols is 1. The van der Waals surface area contributed by atoms with Gasteiger partial charge in [-0.05, 0) is 30.3 Å². The second-order valence-electron chi connectivity index (χ2n) is 6.63. The minimum absolute atomic E-state index is 0.0317. The van der Waals surface area contributed by atoms with Crippen LogP contribution in [0.1, 0.15) is 0 Å². The lowest BCUT2D eigenvalue weighted by atomic mass is 9.99. The Morgan fingerprint density at radius 1 is 0.931 bits per heavy atom. The molecule has 0 amide bonds. The van der Waals surface area contributed by atoms with Gasteiger partial charge in [0.2, 0.25) is 6.29 Å². The maximum absolute atomic E-state index is 12.2. The molecular formula is C19H16O10. The molecule has 10 nitrogen and oxygen atoms in total. The number of aliphatic carboxylic acids is 1. The van der Waals surface area contributed by atoms with Crippen LogP contribution in [-0.2, 0) is 9.53 Å². The monoisotopic (exact) mass is 404 g/mol. The number of hydrogen-bond acceptors (Lipinski definition) is 9. The summed E-state index contributed by atoms with van der Waals surface area (Å²) in [5.41, 5.74) is -0.519. The maximum Gasteiger partial charge on any atom is 0.344 e. The number of carbonyl (C=O) groups is 1. The van der Waals surface area contributed by atoms with Crippen molar-refractivity contribution in [2.24, 2.45) is 0 Å². The zero-order valence-corrected chi connectivity index (χ0v) is 14.6. The first-order valence-corrected chi connectivity index (χ1v) is 8.55. The Labute approximate surface area is 161 Å². The number of rotatable bonds is 3. The van der Waals surface area contributed by atoms with Crippen molar-refractivity contribution in [3.8, 4) is 11.5 Å². The van der Waals surface area contributed by atoms with Crippen LogP contribution in [-0.4, -0.2) is 62.2 Å². The van der Waals surface area contributed by atoms with Gasteiger partial charge in [-0.15, -0.1) is 0 Å². The molecule has 3 aromatic rings. The van der Waals surface area contributed by atoms with Crippen molar-refractivity contribution >= 4 is 27.7 Å². The Morgan fingerprint density at radius 2 is 1.66 bits per heavy atom. The topological polar surface area (TPSA) is 167 Å². The standard InChI is InChI=1S/C19H16O10/c20-7-1-3-10-11(5-7)9-4-2-8(6-12(9)28-18(10)26)27-19-15(23)13(21)14(22)16(29-19)17(24)25/h1-6,13-16,19-23H,(H,24,25)/t13-,14-,15+,16-,19+/m0/s1. The van der Waals surface area contributed by atoms with Crippen molar-refractivity contribution < 1.29 is 44.2 Å². The van der Waals surface area contributed by atoms with E-state index in [1.165, 1.54) is 30.3 Å². The average Bonchev–Trinajstić information content (AvgIpc) is 2.68. The predicted molar refractivity (Wildman–Crippen MR) is 96.6 cm³/mol. The minimum atomic E-state index is -1.84. The summed E-state index contributed by atoms with van der Waals surface area (Å²) in [6.45, 7) is 0. The Kier molecular flexibility index (Phi) is 4.63. The average molecular weight is 404 g/mol. The summed E-state index contributed by atoms with van der Waals surface area (Å²) in [5.74, 6) is -1.51. The molecule has 4 rings (SSSR count). The zero-order valence-electron chi connectivity index (χ0n) is 14.6. The zero-order chi connectivity index (χ0) is 20.9. The predicted octanol–water partition coefficient (Wildman–Crippen LogP) is -0.0772. The van der Waals surface area contributed by atoms with Crippen LogP contribution in [0.15, 0.2) is 45.6 Å². The van der Waals surface area contributed by atoms with Crippen LogP contribution in [0, 0.1) is 0 Å². The molecule has 29 heavy (non-hydrogen) atoms. The van der Waals surface area contributed by atoms with Crippen LogP contribution >= 0.6 is 0 Å². The van der Waals surface area contributed by atoms with Gasteiger partial charge in [0.05, 0.1) is 5.39 Å². The molecule has 5 atom stereocenters. The number of benzene rings is 2. The molecule has 0 bridgehead atoms. The van der Waals surface area contributed by atoms with Gasteiger partial charge >= 0.3 is 11.6 Å². The minimum Gasteiger partial charge on any atom is -0.508 e. The molecular weight excluding hydrogens is 388 g/mol. The maximum atomic E-state index is 12.2. The molecule has 0 unspecified atom stereocenters. The van der Waals surface area contributed by atoms with Crippen molar-refractivity contribution in [1.29, 1.82) is 0 Å². The first-order chi connectivity index (χ1) is 13.8. The first-order valence-electron chi connectivity index (χ1n) is 8.55. The number of fused-ring (bicyclic) bond motifs is 3. The van der Waals surface area contributed by atoms with Crippen LogP contribution in [0.3, 0.4) is 0 Å². The van der Waals surface area contributed by atoms with Gasteiger partial charge in [-0.2, -0.15) is 0 Å². The smallest absolute Gasteiger partial charge is 0.344 e. The van der Waals surface area contributed by atoms with Gasteiger partial charge < -0.3 is 39.4 Å². The van der Waals surface area contributed by atoms with Crippen molar-refractivity contribution in [3.05, 3.63) is 46.8 Å². The normalized spacial score (nSPS) is 27.2. The number of ether oxygens (including phenoxy) is 2. The van der Waals surface area contributed by atoms with E-state index in [1.807, 2.05) is 0 Å². The van der Waals surface area contributed by atoms with E-state index >= 15 is 0 Å². The van der Waals surface area contributed by atoms with Crippen LogP contribution in [0.4, 0.5) is 0 Å². The lowest BCUT2D eigenvalue weighted by Crippen LogP contribution is -2.61. The Balaban J connectivity index is 1.70. The van der Waals surface area contributed by atoms with E-state index in [4.69, 9.17) is 19.0 Å². The third-order valence-corrected chi connectivity index (χ3v) is 4.73. The fourth-order valence-electron chi connectivity index (χ4n) is 3.25. The number of aliphatic hydroxyl groups excluding tert-OH is 3. The molecule has 152 valence electrons. The van der Waals surface area contributed by atoms with Crippen molar-refractivity contribution in [2.45, 2.75) is 30.7 Å². The highest BCUT2D eigenvalue weighted by atomic mass is 16.7. The van der Waals surface area contributed by atoms with Gasteiger partial charge in [-0.1, -0.05) is 0 Å². The number of aromatic hydroxyl groups is 1. The molecule has 1 saturated heterocycles. The van der Waals surface area contributed by atoms with Crippen molar-refractivity contribution in [1.82, 2.24) is 0 Å². The summed E-state index contributed by atoms with van der Waals surface area (Å²) in [7, 11) is 0. The Bertz CT molecular complexity index is 1150. The Hall–Kier alpha value is -3.18. The van der Waals surface area contributed by atoms with E-state index in [0.29, 0.717) is 10.8 Å². The van der Waals surface area contributed by atoms with Gasteiger partial charge in [-0.25, -0.2) is 9.59 Å². The van der Waals surface area contributed by atoms with Crippen molar-refractivity contribution in [3.63, 3.8) is 0 Å². The van der Waals surface area contributed by atoms with E-state index in [0.717, 1.165) is 0 Å². The molecule has 2 heterocycles. The van der Waals surface area contributed by atoms with Crippen molar-refractivity contribution in [2.75, 3.05) is 0 Å². The van der Waals surface area contributed by atoms with Gasteiger partial charge in [0, 0.05) is 16.8 Å². The summed E-state index contributed by atoms with van der Waals surface area (Å²) in [6, 6.07) is 8.54. The first kappa shape index (κ1) is 19.2. The molecule has 1 fully saturated rings. The lowest BCUT2D eigenvalue weighted by molar-refractivity contribution is -0.271. The van der Waals surface area contributed by atoms with Gasteiger partial charge in [0.25, 0.3) is 0 Å². The van der Waals surface area contributed by atoms with E-state index in [-0.39, 0.29) is 22.5 Å². The SMILES string of the molecule is O=C(O)[C@H]1O[C@@H](Oc2ccc3c(c2)oc(=O)c2ccc(O)cc23)[C@H](O)[C@@H](O)[C@@H]1O. The fourth-order valence-corrected chi connectivity index (χ4v) is 3.25. The van der Waals surface area contributed by atoms with E-state index in [2.05, 4.69) is 0 Å². The third-order valence-electron chi connectivity index (χ3n) is 4.73. The molecule has 5 N–H and O–H groups in total. The van der Waals surface area contributed by atoms with E-state index < -0.39 is 42.3 Å².